The lowest BCUT2D eigenvalue weighted by molar-refractivity contribution is -0.314. The van der Waals surface area contributed by atoms with Gasteiger partial charge in [0.15, 0.2) is 11.4 Å². The highest BCUT2D eigenvalue weighted by molar-refractivity contribution is 6.28. The molecule has 0 fully saturated rings. The van der Waals surface area contributed by atoms with Crippen molar-refractivity contribution in [3.8, 4) is 0 Å². The highest BCUT2D eigenvalue weighted by Gasteiger charge is 2.33. The predicted octanol–water partition coefficient (Wildman–Crippen LogP) is 1.73. The van der Waals surface area contributed by atoms with E-state index in [9.17, 15) is 4.79 Å². The molecule has 0 aliphatic carbocycles. The first kappa shape index (κ1) is 12.0. The van der Waals surface area contributed by atoms with Crippen molar-refractivity contribution in [2.45, 2.75) is 26.7 Å². The van der Waals surface area contributed by atoms with Gasteiger partial charge < -0.3 is 9.58 Å². The van der Waals surface area contributed by atoms with Crippen LogP contribution < -0.4 is 0 Å². The van der Waals surface area contributed by atoms with E-state index >= 15 is 0 Å². The van der Waals surface area contributed by atoms with Crippen molar-refractivity contribution >= 4 is 25.3 Å². The second-order valence-electron chi connectivity index (χ2n) is 5.00. The van der Waals surface area contributed by atoms with E-state index in [0.29, 0.717) is 6.42 Å². The number of hydrogen-bond donors (Lipinski definition) is 1. The lowest BCUT2D eigenvalue weighted by Gasteiger charge is -2.12. The molecule has 19 heavy (non-hydrogen) atoms. The van der Waals surface area contributed by atoms with Gasteiger partial charge in [-0.1, -0.05) is 0 Å². The second kappa shape index (κ2) is 4.26. The third-order valence-corrected chi connectivity index (χ3v) is 3.61. The van der Waals surface area contributed by atoms with Crippen LogP contribution in [0.4, 0.5) is 0 Å². The Morgan fingerprint density at radius 2 is 2.21 bits per heavy atom. The van der Waals surface area contributed by atoms with Crippen molar-refractivity contribution in [1.82, 2.24) is 4.48 Å². The minimum Gasteiger partial charge on any atom is -0.481 e. The summed E-state index contributed by atoms with van der Waals surface area (Å²) in [4.78, 5) is 10.7. The Labute approximate surface area is 112 Å². The number of carboxylic acid groups (broad SMARTS) is 1. The lowest BCUT2D eigenvalue weighted by Crippen LogP contribution is -2.30. The van der Waals surface area contributed by atoms with E-state index in [-0.39, 0.29) is 6.42 Å². The molecule has 0 spiro atoms. The fourth-order valence-corrected chi connectivity index (χ4v) is 2.63. The van der Waals surface area contributed by atoms with E-state index in [1.54, 1.807) is 0 Å². The standard InChI is InChI=1S/C14H15BN2O2/c1-9-7-10(2)16-13(9)8-12-4-3-11(17(12)15-16)5-6-14(18)19/h3-4,7-8H,5-6H2,1-2H3,(H,18,19)/q+1. The molecule has 1 N–H and O–H groups in total. The number of aliphatic carboxylic acids is 1. The normalized spacial score (nSPS) is 16.0. The first-order valence-electron chi connectivity index (χ1n) is 6.36. The SMILES string of the molecule is Cc1cc(C)n2c1C=C1C=CC(CCC(=O)O)=[N+]1[B]2. The van der Waals surface area contributed by atoms with E-state index in [0.717, 1.165) is 11.4 Å². The van der Waals surface area contributed by atoms with Crippen LogP contribution in [-0.2, 0) is 4.79 Å². The fraction of sp³-hybridized carbons (Fsp3) is 0.286. The monoisotopic (exact) mass is 254 g/mol. The zero-order chi connectivity index (χ0) is 13.6. The van der Waals surface area contributed by atoms with Crippen LogP contribution in [0.5, 0.6) is 0 Å². The Kier molecular flexibility index (Phi) is 2.70. The van der Waals surface area contributed by atoms with Gasteiger partial charge in [0.2, 0.25) is 0 Å². The number of fused-ring (bicyclic) bond motifs is 2. The van der Waals surface area contributed by atoms with E-state index < -0.39 is 5.97 Å². The number of carboxylic acids is 1. The molecule has 1 aromatic heterocycles. The smallest absolute Gasteiger partial charge is 0.481 e. The van der Waals surface area contributed by atoms with Crippen molar-refractivity contribution in [1.29, 1.82) is 0 Å². The summed E-state index contributed by atoms with van der Waals surface area (Å²) < 4.78 is 4.22. The van der Waals surface area contributed by atoms with Gasteiger partial charge in [0.05, 0.1) is 6.42 Å². The predicted molar refractivity (Wildman–Crippen MR) is 74.3 cm³/mol. The molecule has 95 valence electrons. The molecular formula is C14H15BN2O2+. The zero-order valence-corrected chi connectivity index (χ0v) is 11.1. The first-order valence-corrected chi connectivity index (χ1v) is 6.36. The number of aryl methyl sites for hydroxylation is 2. The summed E-state index contributed by atoms with van der Waals surface area (Å²) in [6.45, 7) is 4.18. The molecule has 0 saturated heterocycles. The minimum atomic E-state index is -0.760. The van der Waals surface area contributed by atoms with Gasteiger partial charge in [0.1, 0.15) is 0 Å². The van der Waals surface area contributed by atoms with Gasteiger partial charge in [-0.3, -0.25) is 9.28 Å². The maximum absolute atomic E-state index is 10.7. The number of hydrogen-bond acceptors (Lipinski definition) is 1. The Balaban J connectivity index is 1.98. The van der Waals surface area contributed by atoms with E-state index in [4.69, 9.17) is 5.11 Å². The zero-order valence-electron chi connectivity index (χ0n) is 11.1. The molecule has 0 saturated carbocycles. The lowest BCUT2D eigenvalue weighted by atomic mass is 10.0. The summed E-state index contributed by atoms with van der Waals surface area (Å²) in [5.41, 5.74) is 5.78. The highest BCUT2D eigenvalue weighted by Crippen LogP contribution is 2.24. The number of nitrogens with zero attached hydrogens (tertiary/aromatic N) is 2. The Bertz CT molecular complexity index is 665. The van der Waals surface area contributed by atoms with E-state index in [2.05, 4.69) is 35.0 Å². The van der Waals surface area contributed by atoms with Crippen LogP contribution in [0, 0.1) is 13.8 Å². The summed E-state index contributed by atoms with van der Waals surface area (Å²) in [6.07, 6.45) is 6.90. The number of allylic oxidation sites excluding steroid dienone is 2. The first-order chi connectivity index (χ1) is 9.06. The summed E-state index contributed by atoms with van der Waals surface area (Å²) in [7, 11) is 2.05. The minimum absolute atomic E-state index is 0.161. The largest absolute Gasteiger partial charge is 0.699 e. The van der Waals surface area contributed by atoms with Crippen LogP contribution in [0.25, 0.3) is 6.08 Å². The van der Waals surface area contributed by atoms with Crippen LogP contribution >= 0.6 is 0 Å². The van der Waals surface area contributed by atoms with Crippen molar-refractivity contribution in [3.63, 3.8) is 0 Å². The third-order valence-electron chi connectivity index (χ3n) is 3.61. The molecule has 0 amide bonds. The highest BCUT2D eigenvalue weighted by atomic mass is 16.4. The molecule has 3 rings (SSSR count). The molecule has 0 atom stereocenters. The van der Waals surface area contributed by atoms with Gasteiger partial charge in [-0.15, -0.1) is 0 Å². The van der Waals surface area contributed by atoms with Crippen LogP contribution in [-0.4, -0.2) is 33.3 Å². The average molecular weight is 254 g/mol. The molecular weight excluding hydrogens is 239 g/mol. The van der Waals surface area contributed by atoms with Crippen LogP contribution in [0.1, 0.15) is 29.8 Å². The van der Waals surface area contributed by atoms with Crippen LogP contribution in [0.2, 0.25) is 0 Å². The van der Waals surface area contributed by atoms with Gasteiger partial charge in [0, 0.05) is 36.0 Å². The molecule has 0 bridgehead atoms. The molecule has 4 nitrogen and oxygen atoms in total. The van der Waals surface area contributed by atoms with Gasteiger partial charge >= 0.3 is 13.5 Å². The van der Waals surface area contributed by atoms with Gasteiger partial charge in [0.25, 0.3) is 0 Å². The quantitative estimate of drug-likeness (QED) is 0.835. The molecule has 2 aliphatic rings. The van der Waals surface area contributed by atoms with Gasteiger partial charge in [-0.05, 0) is 25.5 Å². The topological polar surface area (TPSA) is 45.2 Å². The van der Waals surface area contributed by atoms with Crippen LogP contribution in [0.15, 0.2) is 23.9 Å². The Hall–Kier alpha value is -2.04. The summed E-state index contributed by atoms with van der Waals surface area (Å²) in [5.74, 6) is -0.760. The fourth-order valence-electron chi connectivity index (χ4n) is 2.63. The number of aromatic nitrogens is 1. The number of carbonyl (C=O) groups is 1. The van der Waals surface area contributed by atoms with E-state index in [1.807, 2.05) is 19.7 Å². The second-order valence-corrected chi connectivity index (χ2v) is 5.00. The summed E-state index contributed by atoms with van der Waals surface area (Å²) in [6, 6.07) is 2.16. The molecule has 2 aliphatic heterocycles. The van der Waals surface area contributed by atoms with Crippen molar-refractivity contribution in [2.75, 3.05) is 0 Å². The third kappa shape index (κ3) is 1.95. The maximum Gasteiger partial charge on any atom is 0.699 e. The molecule has 3 heterocycles. The molecule has 1 aromatic rings. The summed E-state index contributed by atoms with van der Waals surface area (Å²) >= 11 is 0. The Morgan fingerprint density at radius 3 is 2.95 bits per heavy atom. The molecule has 0 unspecified atom stereocenters. The summed E-state index contributed by atoms with van der Waals surface area (Å²) in [5, 5.41) is 8.79. The Morgan fingerprint density at radius 1 is 1.42 bits per heavy atom. The van der Waals surface area contributed by atoms with Crippen molar-refractivity contribution < 1.29 is 14.4 Å². The molecule has 0 aromatic carbocycles. The number of rotatable bonds is 3. The van der Waals surface area contributed by atoms with Gasteiger partial charge in [-0.25, -0.2) is 0 Å². The average Bonchev–Trinajstić information content (AvgIpc) is 2.87. The van der Waals surface area contributed by atoms with Crippen molar-refractivity contribution in [2.24, 2.45) is 0 Å². The van der Waals surface area contributed by atoms with Crippen molar-refractivity contribution in [3.05, 3.63) is 40.9 Å². The van der Waals surface area contributed by atoms with E-state index in [1.165, 1.54) is 17.0 Å². The van der Waals surface area contributed by atoms with Gasteiger partial charge in [-0.2, -0.15) is 0 Å². The van der Waals surface area contributed by atoms with Crippen LogP contribution in [0.3, 0.4) is 0 Å². The molecule has 1 radical (unpaired) electrons. The maximum atomic E-state index is 10.7. The molecule has 5 heteroatoms.